The Morgan fingerprint density at radius 3 is 2.50 bits per heavy atom. The van der Waals surface area contributed by atoms with Crippen LogP contribution in [0.5, 0.6) is 11.5 Å². The lowest BCUT2D eigenvalue weighted by molar-refractivity contribution is -0.00455. The van der Waals surface area contributed by atoms with Crippen LogP contribution in [0, 0.1) is 6.92 Å². The van der Waals surface area contributed by atoms with Gasteiger partial charge in [0.25, 0.3) is 6.23 Å². The molecule has 0 saturated carbocycles. The zero-order valence-electron chi connectivity index (χ0n) is 16.9. The fraction of sp³-hybridized carbons (Fsp3) is 0.200. The Bertz CT molecular complexity index is 1120. The van der Waals surface area contributed by atoms with Crippen LogP contribution >= 0.6 is 0 Å². The molecule has 0 aliphatic carbocycles. The number of carbonyl (C=O) groups is 1. The Morgan fingerprint density at radius 2 is 1.77 bits per heavy atom. The van der Waals surface area contributed by atoms with Crippen LogP contribution in [0.2, 0.25) is 0 Å². The van der Waals surface area contributed by atoms with E-state index in [1.54, 1.807) is 7.11 Å². The van der Waals surface area contributed by atoms with Crippen LogP contribution in [-0.2, 0) is 0 Å². The van der Waals surface area contributed by atoms with Crippen LogP contribution in [0.1, 0.15) is 39.5 Å². The number of carbonyl (C=O) groups excluding carboxylic acids is 1. The van der Waals surface area contributed by atoms with Crippen LogP contribution in [0.25, 0.3) is 0 Å². The van der Waals surface area contributed by atoms with Crippen molar-refractivity contribution in [2.75, 3.05) is 7.11 Å². The van der Waals surface area contributed by atoms with Crippen molar-refractivity contribution < 1.29 is 14.3 Å². The first-order valence-corrected chi connectivity index (χ1v) is 10.0. The van der Waals surface area contributed by atoms with Gasteiger partial charge in [0.15, 0.2) is 0 Å². The minimum Gasteiger partial charge on any atom is -0.497 e. The van der Waals surface area contributed by atoms with Gasteiger partial charge in [-0.3, -0.25) is 4.79 Å². The molecule has 2 heterocycles. The molecule has 3 aromatic rings. The van der Waals surface area contributed by atoms with E-state index in [1.165, 1.54) is 0 Å². The van der Waals surface area contributed by atoms with Crippen molar-refractivity contribution in [1.29, 1.82) is 0 Å². The van der Waals surface area contributed by atoms with Crippen molar-refractivity contribution >= 4 is 11.5 Å². The van der Waals surface area contributed by atoms with E-state index in [0.717, 1.165) is 33.9 Å². The van der Waals surface area contributed by atoms with Crippen molar-refractivity contribution in [1.82, 2.24) is 5.01 Å². The molecule has 150 valence electrons. The number of hydrogen-bond acceptors (Lipinski definition) is 5. The summed E-state index contributed by atoms with van der Waals surface area (Å²) in [5.41, 5.74) is 4.74. The first-order valence-electron chi connectivity index (χ1n) is 10.0. The average Bonchev–Trinajstić information content (AvgIpc) is 3.24. The SMILES string of the molecule is COc1ccc(C2=NN3[C@H](C2)c2ccccc2O[C@H]3C(=O)c2ccc(C)cc2)cc1. The van der Waals surface area contributed by atoms with E-state index in [4.69, 9.17) is 14.6 Å². The number of hydrogen-bond donors (Lipinski definition) is 0. The minimum absolute atomic E-state index is 0.0357. The number of fused-ring (bicyclic) bond motifs is 3. The summed E-state index contributed by atoms with van der Waals surface area (Å²) in [4.78, 5) is 13.3. The van der Waals surface area contributed by atoms with Gasteiger partial charge in [0.2, 0.25) is 5.78 Å². The number of benzene rings is 3. The predicted molar refractivity (Wildman–Crippen MR) is 115 cm³/mol. The summed E-state index contributed by atoms with van der Waals surface area (Å²) in [6.45, 7) is 2.00. The van der Waals surface area contributed by atoms with Gasteiger partial charge in [-0.15, -0.1) is 0 Å². The van der Waals surface area contributed by atoms with E-state index in [1.807, 2.05) is 84.7 Å². The summed E-state index contributed by atoms with van der Waals surface area (Å²) in [6.07, 6.45) is -0.0759. The number of methoxy groups -OCH3 is 1. The summed E-state index contributed by atoms with van der Waals surface area (Å²) < 4.78 is 11.4. The smallest absolute Gasteiger partial charge is 0.251 e. The lowest BCUT2D eigenvalue weighted by Crippen LogP contribution is -2.45. The number of aryl methyl sites for hydroxylation is 1. The minimum atomic E-state index is -0.789. The van der Waals surface area contributed by atoms with Crippen LogP contribution in [-0.4, -0.2) is 29.8 Å². The zero-order valence-corrected chi connectivity index (χ0v) is 16.9. The summed E-state index contributed by atoms with van der Waals surface area (Å²) in [5.74, 6) is 1.46. The molecule has 2 aliphatic rings. The quantitative estimate of drug-likeness (QED) is 0.595. The molecular formula is C25H22N2O3. The van der Waals surface area contributed by atoms with E-state index in [2.05, 4.69) is 0 Å². The second kappa shape index (κ2) is 7.34. The van der Waals surface area contributed by atoms with Crippen molar-refractivity contribution in [3.05, 3.63) is 95.1 Å². The van der Waals surface area contributed by atoms with Gasteiger partial charge in [0.05, 0.1) is 18.9 Å². The third-order valence-electron chi connectivity index (χ3n) is 5.68. The predicted octanol–water partition coefficient (Wildman–Crippen LogP) is 4.76. The Kier molecular flexibility index (Phi) is 4.51. The third kappa shape index (κ3) is 3.12. The van der Waals surface area contributed by atoms with Gasteiger partial charge in [-0.05, 0) is 42.8 Å². The summed E-state index contributed by atoms with van der Waals surface area (Å²) in [5, 5.41) is 6.67. The molecule has 0 saturated heterocycles. The molecule has 30 heavy (non-hydrogen) atoms. The molecule has 5 rings (SSSR count). The van der Waals surface area contributed by atoms with Gasteiger partial charge in [0.1, 0.15) is 11.5 Å². The van der Waals surface area contributed by atoms with Crippen molar-refractivity contribution in [2.24, 2.45) is 5.10 Å². The molecular weight excluding hydrogens is 376 g/mol. The van der Waals surface area contributed by atoms with Gasteiger partial charge in [0, 0.05) is 17.5 Å². The van der Waals surface area contributed by atoms with Crippen molar-refractivity contribution in [3.63, 3.8) is 0 Å². The molecule has 0 bridgehead atoms. The van der Waals surface area contributed by atoms with Crippen molar-refractivity contribution in [3.8, 4) is 11.5 Å². The number of ether oxygens (including phenoxy) is 2. The molecule has 0 spiro atoms. The Hall–Kier alpha value is -3.60. The second-order valence-electron chi connectivity index (χ2n) is 7.61. The maximum Gasteiger partial charge on any atom is 0.251 e. The zero-order chi connectivity index (χ0) is 20.7. The molecule has 0 N–H and O–H groups in total. The summed E-state index contributed by atoms with van der Waals surface area (Å²) >= 11 is 0. The average molecular weight is 398 g/mol. The normalized spacial score (nSPS) is 19.4. The van der Waals surface area contributed by atoms with Gasteiger partial charge in [-0.25, -0.2) is 5.01 Å². The van der Waals surface area contributed by atoms with Gasteiger partial charge in [-0.2, -0.15) is 5.10 Å². The largest absolute Gasteiger partial charge is 0.497 e. The van der Waals surface area contributed by atoms with Gasteiger partial charge >= 0.3 is 0 Å². The Labute approximate surface area is 175 Å². The Morgan fingerprint density at radius 1 is 1.03 bits per heavy atom. The highest BCUT2D eigenvalue weighted by molar-refractivity contribution is 6.03. The highest BCUT2D eigenvalue weighted by atomic mass is 16.5. The van der Waals surface area contributed by atoms with Crippen LogP contribution in [0.4, 0.5) is 0 Å². The van der Waals surface area contributed by atoms with Crippen LogP contribution < -0.4 is 9.47 Å². The molecule has 0 unspecified atom stereocenters. The summed E-state index contributed by atoms with van der Waals surface area (Å²) in [6, 6.07) is 23.3. The molecule has 0 fully saturated rings. The maximum atomic E-state index is 13.3. The molecule has 0 amide bonds. The third-order valence-corrected chi connectivity index (χ3v) is 5.68. The first-order chi connectivity index (χ1) is 14.6. The van der Waals surface area contributed by atoms with Crippen molar-refractivity contribution in [2.45, 2.75) is 25.6 Å². The summed E-state index contributed by atoms with van der Waals surface area (Å²) in [7, 11) is 1.65. The Balaban J connectivity index is 1.53. The highest BCUT2D eigenvalue weighted by Crippen LogP contribution is 2.43. The van der Waals surface area contributed by atoms with Crippen LogP contribution in [0.3, 0.4) is 0 Å². The number of hydrazone groups is 1. The van der Waals surface area contributed by atoms with E-state index in [9.17, 15) is 4.79 Å². The molecule has 0 aromatic heterocycles. The molecule has 3 aromatic carbocycles. The molecule has 0 radical (unpaired) electrons. The molecule has 2 aliphatic heterocycles. The second-order valence-corrected chi connectivity index (χ2v) is 7.61. The fourth-order valence-corrected chi connectivity index (χ4v) is 4.03. The fourth-order valence-electron chi connectivity index (χ4n) is 4.03. The maximum absolute atomic E-state index is 13.3. The van der Waals surface area contributed by atoms with Gasteiger partial charge in [-0.1, -0.05) is 48.0 Å². The lowest BCUT2D eigenvalue weighted by atomic mass is 9.95. The number of Topliss-reactive ketones (excluding diaryl/α,β-unsaturated/α-hetero) is 1. The topological polar surface area (TPSA) is 51.1 Å². The van der Waals surface area contributed by atoms with E-state index in [-0.39, 0.29) is 11.8 Å². The number of rotatable bonds is 4. The highest BCUT2D eigenvalue weighted by Gasteiger charge is 2.43. The molecule has 5 nitrogen and oxygen atoms in total. The van der Waals surface area contributed by atoms with Gasteiger partial charge < -0.3 is 9.47 Å². The van der Waals surface area contributed by atoms with E-state index < -0.39 is 6.23 Å². The van der Waals surface area contributed by atoms with E-state index >= 15 is 0 Å². The van der Waals surface area contributed by atoms with E-state index in [0.29, 0.717) is 12.0 Å². The molecule has 5 heteroatoms. The number of nitrogens with zero attached hydrogens (tertiary/aromatic N) is 2. The number of para-hydroxylation sites is 1. The lowest BCUT2D eigenvalue weighted by Gasteiger charge is -2.37. The molecule has 2 atom stereocenters. The monoisotopic (exact) mass is 398 g/mol. The number of ketones is 1. The van der Waals surface area contributed by atoms with Crippen LogP contribution in [0.15, 0.2) is 77.9 Å². The first kappa shape index (κ1) is 18.4. The standard InChI is InChI=1S/C25H22N2O3/c1-16-7-9-18(10-8-16)24(28)25-27-22(20-5-3-4-6-23(20)30-25)15-21(26-27)17-11-13-19(29-2)14-12-17/h3-14,22,25H,15H2,1-2H3/t22-,25+/m1/s1.